The van der Waals surface area contributed by atoms with Crippen LogP contribution in [0.3, 0.4) is 0 Å². The Bertz CT molecular complexity index is 571. The van der Waals surface area contributed by atoms with E-state index in [1.807, 2.05) is 10.8 Å². The van der Waals surface area contributed by atoms with Gasteiger partial charge in [0, 0.05) is 25.5 Å². The van der Waals surface area contributed by atoms with Crippen LogP contribution in [-0.4, -0.2) is 9.55 Å². The summed E-state index contributed by atoms with van der Waals surface area (Å²) in [5.74, 6) is 1.22. The fourth-order valence-electron chi connectivity index (χ4n) is 2.01. The number of hydrogen-bond donors (Lipinski definition) is 1. The topological polar surface area (TPSA) is 29.9 Å². The Kier molecular flexibility index (Phi) is 4.55. The van der Waals surface area contributed by atoms with Crippen molar-refractivity contribution >= 4 is 5.95 Å². The van der Waals surface area contributed by atoms with Crippen LogP contribution >= 0.6 is 0 Å². The molecule has 0 radical (unpaired) electrons. The maximum atomic E-state index is 12.5. The summed E-state index contributed by atoms with van der Waals surface area (Å²) in [5, 5.41) is 3.14. The van der Waals surface area contributed by atoms with Gasteiger partial charge in [0.25, 0.3) is 0 Å². The number of nitrogens with zero attached hydrogens (tertiary/aromatic N) is 2. The molecule has 2 rings (SSSR count). The molecule has 6 heteroatoms. The zero-order valence-electron chi connectivity index (χ0n) is 12.0. The second-order valence-corrected chi connectivity index (χ2v) is 5.35. The molecule has 0 bridgehead atoms. The van der Waals surface area contributed by atoms with E-state index >= 15 is 0 Å². The van der Waals surface area contributed by atoms with Gasteiger partial charge in [0.1, 0.15) is 0 Å². The predicted molar refractivity (Wildman–Crippen MR) is 75.8 cm³/mol. The summed E-state index contributed by atoms with van der Waals surface area (Å²) < 4.78 is 39.4. The van der Waals surface area contributed by atoms with Crippen molar-refractivity contribution in [3.63, 3.8) is 0 Å². The van der Waals surface area contributed by atoms with E-state index in [-0.39, 0.29) is 0 Å². The van der Waals surface area contributed by atoms with Crippen LogP contribution in [0.4, 0.5) is 19.1 Å². The molecule has 0 atom stereocenters. The summed E-state index contributed by atoms with van der Waals surface area (Å²) in [7, 11) is 0. The van der Waals surface area contributed by atoms with Gasteiger partial charge in [-0.05, 0) is 23.6 Å². The number of nitrogens with one attached hydrogen (secondary N) is 1. The molecule has 0 spiro atoms. The van der Waals surface area contributed by atoms with Crippen LogP contribution < -0.4 is 5.32 Å². The number of benzene rings is 1. The largest absolute Gasteiger partial charge is 0.416 e. The number of alkyl halides is 3. The van der Waals surface area contributed by atoms with Gasteiger partial charge in [-0.15, -0.1) is 0 Å². The standard InChI is InChI=1S/C15H18F3N3/c1-11(2)10-21-8-7-19-14(21)20-9-12-3-5-13(6-4-12)15(16,17)18/h3-8,11H,9-10H2,1-2H3,(H,19,20). The monoisotopic (exact) mass is 297 g/mol. The first-order valence-electron chi connectivity index (χ1n) is 6.77. The summed E-state index contributed by atoms with van der Waals surface area (Å²) in [5.41, 5.74) is 0.148. The third kappa shape index (κ3) is 4.24. The number of hydrogen-bond acceptors (Lipinski definition) is 2. The van der Waals surface area contributed by atoms with Gasteiger partial charge in [0.2, 0.25) is 5.95 Å². The summed E-state index contributed by atoms with van der Waals surface area (Å²) in [6, 6.07) is 5.15. The molecule has 0 saturated carbocycles. The minimum atomic E-state index is -4.29. The van der Waals surface area contributed by atoms with E-state index in [9.17, 15) is 13.2 Å². The number of halogens is 3. The molecule has 0 fully saturated rings. The summed E-state index contributed by atoms with van der Waals surface area (Å²) in [4.78, 5) is 4.21. The third-order valence-electron chi connectivity index (χ3n) is 3.01. The lowest BCUT2D eigenvalue weighted by molar-refractivity contribution is -0.137. The van der Waals surface area contributed by atoms with Gasteiger partial charge < -0.3 is 9.88 Å². The van der Waals surface area contributed by atoms with Crippen molar-refractivity contribution in [3.8, 4) is 0 Å². The van der Waals surface area contributed by atoms with E-state index in [0.29, 0.717) is 12.5 Å². The Labute approximate surface area is 121 Å². The molecular weight excluding hydrogens is 279 g/mol. The van der Waals surface area contributed by atoms with Gasteiger partial charge in [-0.3, -0.25) is 0 Å². The first-order chi connectivity index (χ1) is 9.86. The number of anilines is 1. The van der Waals surface area contributed by atoms with Crippen LogP contribution in [0.2, 0.25) is 0 Å². The highest BCUT2D eigenvalue weighted by molar-refractivity contribution is 5.31. The molecule has 1 heterocycles. The molecule has 114 valence electrons. The Hall–Kier alpha value is -1.98. The van der Waals surface area contributed by atoms with Crippen LogP contribution in [0.25, 0.3) is 0 Å². The Balaban J connectivity index is 1.99. The zero-order chi connectivity index (χ0) is 15.5. The van der Waals surface area contributed by atoms with E-state index in [0.717, 1.165) is 30.2 Å². The van der Waals surface area contributed by atoms with Gasteiger partial charge in [-0.2, -0.15) is 13.2 Å². The second-order valence-electron chi connectivity index (χ2n) is 5.35. The molecule has 0 aliphatic carbocycles. The normalized spacial score (nSPS) is 11.9. The highest BCUT2D eigenvalue weighted by Gasteiger charge is 2.29. The molecule has 0 unspecified atom stereocenters. The minimum Gasteiger partial charge on any atom is -0.352 e. The third-order valence-corrected chi connectivity index (χ3v) is 3.01. The van der Waals surface area contributed by atoms with Crippen LogP contribution in [0.1, 0.15) is 25.0 Å². The number of imidazole rings is 1. The first kappa shape index (κ1) is 15.4. The molecule has 0 amide bonds. The quantitative estimate of drug-likeness (QED) is 0.897. The van der Waals surface area contributed by atoms with Gasteiger partial charge in [0.15, 0.2) is 0 Å². The minimum absolute atomic E-state index is 0.438. The maximum Gasteiger partial charge on any atom is 0.416 e. The van der Waals surface area contributed by atoms with Gasteiger partial charge in [-0.25, -0.2) is 4.98 Å². The number of rotatable bonds is 5. The average Bonchev–Trinajstić information content (AvgIpc) is 2.82. The second kappa shape index (κ2) is 6.20. The lowest BCUT2D eigenvalue weighted by Gasteiger charge is -2.12. The Morgan fingerprint density at radius 1 is 1.19 bits per heavy atom. The highest BCUT2D eigenvalue weighted by Crippen LogP contribution is 2.29. The molecule has 0 aliphatic rings. The van der Waals surface area contributed by atoms with E-state index in [1.54, 1.807) is 6.20 Å². The summed E-state index contributed by atoms with van der Waals surface area (Å²) in [6.45, 7) is 5.50. The molecule has 1 aromatic heterocycles. The van der Waals surface area contributed by atoms with Crippen molar-refractivity contribution in [3.05, 3.63) is 47.8 Å². The van der Waals surface area contributed by atoms with Crippen molar-refractivity contribution in [1.82, 2.24) is 9.55 Å². The lowest BCUT2D eigenvalue weighted by Crippen LogP contribution is -2.10. The van der Waals surface area contributed by atoms with Crippen LogP contribution in [0.5, 0.6) is 0 Å². The van der Waals surface area contributed by atoms with Crippen molar-refractivity contribution in [2.24, 2.45) is 5.92 Å². The predicted octanol–water partition coefficient (Wildman–Crippen LogP) is 4.17. The molecule has 1 aromatic carbocycles. The average molecular weight is 297 g/mol. The van der Waals surface area contributed by atoms with Crippen molar-refractivity contribution in [2.45, 2.75) is 33.1 Å². The van der Waals surface area contributed by atoms with E-state index in [2.05, 4.69) is 24.1 Å². The van der Waals surface area contributed by atoms with Gasteiger partial charge >= 0.3 is 6.18 Å². The summed E-state index contributed by atoms with van der Waals surface area (Å²) >= 11 is 0. The van der Waals surface area contributed by atoms with Crippen molar-refractivity contribution < 1.29 is 13.2 Å². The molecule has 0 aliphatic heterocycles. The SMILES string of the molecule is CC(C)Cn1ccnc1NCc1ccc(C(F)(F)F)cc1. The maximum absolute atomic E-state index is 12.5. The smallest absolute Gasteiger partial charge is 0.352 e. The van der Waals surface area contributed by atoms with Crippen LogP contribution in [0, 0.1) is 5.92 Å². The van der Waals surface area contributed by atoms with Crippen molar-refractivity contribution in [1.29, 1.82) is 0 Å². The highest BCUT2D eigenvalue weighted by atomic mass is 19.4. The molecule has 21 heavy (non-hydrogen) atoms. The van der Waals surface area contributed by atoms with E-state index in [1.165, 1.54) is 12.1 Å². The lowest BCUT2D eigenvalue weighted by atomic mass is 10.1. The molecular formula is C15H18F3N3. The fourth-order valence-corrected chi connectivity index (χ4v) is 2.01. The molecule has 1 N–H and O–H groups in total. The Morgan fingerprint density at radius 3 is 2.43 bits per heavy atom. The fraction of sp³-hybridized carbons (Fsp3) is 0.400. The van der Waals surface area contributed by atoms with Crippen LogP contribution in [0.15, 0.2) is 36.7 Å². The number of aromatic nitrogens is 2. The molecule has 3 nitrogen and oxygen atoms in total. The Morgan fingerprint density at radius 2 is 1.86 bits per heavy atom. The van der Waals surface area contributed by atoms with E-state index in [4.69, 9.17) is 0 Å². The van der Waals surface area contributed by atoms with Gasteiger partial charge in [0.05, 0.1) is 5.56 Å². The first-order valence-corrected chi connectivity index (χ1v) is 6.77. The zero-order valence-corrected chi connectivity index (χ0v) is 12.0. The van der Waals surface area contributed by atoms with Crippen LogP contribution in [-0.2, 0) is 19.3 Å². The van der Waals surface area contributed by atoms with E-state index < -0.39 is 11.7 Å². The molecule has 2 aromatic rings. The van der Waals surface area contributed by atoms with Gasteiger partial charge in [-0.1, -0.05) is 26.0 Å². The molecule has 0 saturated heterocycles. The summed E-state index contributed by atoms with van der Waals surface area (Å²) in [6.07, 6.45) is -0.702. The van der Waals surface area contributed by atoms with Crippen molar-refractivity contribution in [2.75, 3.05) is 5.32 Å².